The summed E-state index contributed by atoms with van der Waals surface area (Å²) in [6, 6.07) is 9.08. The number of aromatic nitrogens is 2. The van der Waals surface area contributed by atoms with Crippen LogP contribution >= 0.6 is 0 Å². The second-order valence-electron chi connectivity index (χ2n) is 5.01. The van der Waals surface area contributed by atoms with Gasteiger partial charge in [0.25, 0.3) is 0 Å². The summed E-state index contributed by atoms with van der Waals surface area (Å²) in [6.07, 6.45) is 0. The maximum Gasteiger partial charge on any atom is 1.00 e. The summed E-state index contributed by atoms with van der Waals surface area (Å²) in [5, 5.41) is 9.03. The number of nitrogens with zero attached hydrogens (tertiary/aromatic N) is 1. The molecule has 8 heteroatoms. The van der Waals surface area contributed by atoms with E-state index in [1.54, 1.807) is 24.3 Å². The van der Waals surface area contributed by atoms with E-state index in [0.717, 1.165) is 6.07 Å². The van der Waals surface area contributed by atoms with Crippen LogP contribution in [-0.2, 0) is 0 Å². The number of fused-ring (bicyclic) bond motifs is 4. The van der Waals surface area contributed by atoms with Gasteiger partial charge in [-0.25, -0.2) is 9.78 Å². The Kier molecular flexibility index (Phi) is 4.00. The number of nitrogens with one attached hydrogen (secondary N) is 1. The van der Waals surface area contributed by atoms with Gasteiger partial charge in [0.2, 0.25) is 5.43 Å². The molecule has 4 rings (SSSR count). The molecule has 2 aromatic rings. The van der Waals surface area contributed by atoms with Gasteiger partial charge >= 0.3 is 35.5 Å². The van der Waals surface area contributed by atoms with Crippen LogP contribution in [0.15, 0.2) is 50.4 Å². The van der Waals surface area contributed by atoms with Crippen LogP contribution in [0.4, 0.5) is 0 Å². The number of pyridine rings is 1. The van der Waals surface area contributed by atoms with Gasteiger partial charge in [0.15, 0.2) is 16.8 Å². The van der Waals surface area contributed by atoms with E-state index >= 15 is 0 Å². The van der Waals surface area contributed by atoms with Gasteiger partial charge in [-0.15, -0.1) is 0 Å². The predicted octanol–water partition coefficient (Wildman–Crippen LogP) is -1.16. The fourth-order valence-corrected chi connectivity index (χ4v) is 2.54. The van der Waals surface area contributed by atoms with Gasteiger partial charge in [-0.1, -0.05) is 12.1 Å². The minimum Gasteiger partial charge on any atom is -0.477 e. The fraction of sp³-hybridized carbons (Fsp3) is 0. The van der Waals surface area contributed by atoms with Crippen molar-refractivity contribution in [2.75, 3.05) is 0 Å². The van der Waals surface area contributed by atoms with Crippen molar-refractivity contribution in [1.82, 2.24) is 9.97 Å². The van der Waals surface area contributed by atoms with Gasteiger partial charge in [-0.05, 0) is 12.1 Å². The zero-order chi connectivity index (χ0) is 16.1. The van der Waals surface area contributed by atoms with E-state index in [2.05, 4.69) is 9.97 Å². The number of hydrogen-bond acceptors (Lipinski definition) is 5. The number of rotatable bonds is 1. The molecular weight excluding hydrogens is 323 g/mol. The summed E-state index contributed by atoms with van der Waals surface area (Å²) in [7, 11) is 0. The second kappa shape index (κ2) is 5.86. The summed E-state index contributed by atoms with van der Waals surface area (Å²) in [6.45, 7) is 0. The molecule has 7 nitrogen and oxygen atoms in total. The van der Waals surface area contributed by atoms with E-state index in [1.165, 1.54) is 6.07 Å². The van der Waals surface area contributed by atoms with Crippen LogP contribution in [0.3, 0.4) is 0 Å². The molecule has 2 heterocycles. The minimum atomic E-state index is -1.32. The molecule has 112 valence electrons. The number of H-pyrrole nitrogens is 1. The van der Waals surface area contributed by atoms with E-state index in [1.807, 2.05) is 0 Å². The van der Waals surface area contributed by atoms with Crippen LogP contribution in [0.25, 0.3) is 33.5 Å². The Balaban J connectivity index is 0.00000169. The van der Waals surface area contributed by atoms with E-state index in [0.29, 0.717) is 11.1 Å². The molecule has 1 aliphatic carbocycles. The van der Waals surface area contributed by atoms with Crippen molar-refractivity contribution >= 4 is 28.0 Å². The normalized spacial score (nSPS) is 10.8. The first-order chi connectivity index (χ1) is 11.0. The molecule has 24 heavy (non-hydrogen) atoms. The summed E-state index contributed by atoms with van der Waals surface area (Å²) in [5.74, 6) is -1.14. The number of aromatic carboxylic acids is 1. The SMILES string of the molecule is O=C(O)c1cc(=O)c2c3nc4ccccc4oc-3cc(=O)c2[nH]1.[Na+]. The molecule has 2 aliphatic rings. The molecule has 0 unspecified atom stereocenters. The number of hydrogen-bond donors (Lipinski definition) is 2. The topological polar surface area (TPSA) is 113 Å². The molecule has 2 N–H and O–H groups in total. The molecule has 0 radical (unpaired) electrons. The van der Waals surface area contributed by atoms with Gasteiger partial charge in [0.05, 0.1) is 5.39 Å². The van der Waals surface area contributed by atoms with Gasteiger partial charge in [0, 0.05) is 12.1 Å². The van der Waals surface area contributed by atoms with Gasteiger partial charge in [0.1, 0.15) is 22.4 Å². The first-order valence-electron chi connectivity index (χ1n) is 6.67. The van der Waals surface area contributed by atoms with Gasteiger partial charge in [-0.2, -0.15) is 0 Å². The standard InChI is InChI=1S/C16H8N2O5.Na/c19-9-5-8(16(21)22)18-14-10(20)6-12-15(13(9)14)17-7-3-1-2-4-11(7)23-12;/h1-6H,(H,18,19)(H,21,22);/q;+1. The molecule has 0 spiro atoms. The average Bonchev–Trinajstić information content (AvgIpc) is 2.53. The maximum absolute atomic E-state index is 12.3. The van der Waals surface area contributed by atoms with E-state index in [9.17, 15) is 14.4 Å². The zero-order valence-electron chi connectivity index (χ0n) is 12.5. The van der Waals surface area contributed by atoms with Crippen molar-refractivity contribution in [1.29, 1.82) is 0 Å². The van der Waals surface area contributed by atoms with Crippen molar-refractivity contribution in [2.24, 2.45) is 0 Å². The number of carbonyl (C=O) groups is 1. The first-order valence-corrected chi connectivity index (χ1v) is 6.67. The molecule has 0 saturated heterocycles. The first kappa shape index (κ1) is 16.4. The molecule has 0 amide bonds. The van der Waals surface area contributed by atoms with Crippen LogP contribution in [0.5, 0.6) is 0 Å². The number of para-hydroxylation sites is 2. The Labute approximate surface area is 155 Å². The summed E-state index contributed by atoms with van der Waals surface area (Å²) in [4.78, 5) is 42.4. The molecule has 0 saturated carbocycles. The zero-order valence-corrected chi connectivity index (χ0v) is 14.5. The van der Waals surface area contributed by atoms with Crippen molar-refractivity contribution < 1.29 is 43.9 Å². The Bertz CT molecular complexity index is 1190. The quantitative estimate of drug-likeness (QED) is 0.258. The summed E-state index contributed by atoms with van der Waals surface area (Å²) >= 11 is 0. The fourth-order valence-electron chi connectivity index (χ4n) is 2.54. The Hall–Kier alpha value is -2.48. The molecule has 1 aliphatic heterocycles. The van der Waals surface area contributed by atoms with Crippen molar-refractivity contribution in [3.05, 3.63) is 62.5 Å². The molecule has 0 fully saturated rings. The van der Waals surface area contributed by atoms with E-state index in [4.69, 9.17) is 9.52 Å². The van der Waals surface area contributed by atoms with E-state index in [-0.39, 0.29) is 57.6 Å². The number of benzene rings is 2. The largest absolute Gasteiger partial charge is 1.00 e. The monoisotopic (exact) mass is 331 g/mol. The maximum atomic E-state index is 12.3. The van der Waals surface area contributed by atoms with Gasteiger partial charge in [-0.3, -0.25) is 9.59 Å². The predicted molar refractivity (Wildman–Crippen MR) is 82.0 cm³/mol. The van der Waals surface area contributed by atoms with Crippen LogP contribution in [0.2, 0.25) is 0 Å². The number of carboxylic acids is 1. The van der Waals surface area contributed by atoms with Crippen LogP contribution in [0.1, 0.15) is 10.5 Å². The van der Waals surface area contributed by atoms with Crippen LogP contribution in [-0.4, -0.2) is 21.0 Å². The molecule has 0 bridgehead atoms. The van der Waals surface area contributed by atoms with Gasteiger partial charge < -0.3 is 14.5 Å². The average molecular weight is 331 g/mol. The third-order valence-corrected chi connectivity index (χ3v) is 3.56. The third-order valence-electron chi connectivity index (χ3n) is 3.56. The Morgan fingerprint density at radius 3 is 2.62 bits per heavy atom. The molecule has 1 aromatic carbocycles. The number of aromatic amines is 1. The summed E-state index contributed by atoms with van der Waals surface area (Å²) < 4.78 is 5.64. The van der Waals surface area contributed by atoms with Crippen molar-refractivity contribution in [3.8, 4) is 11.5 Å². The van der Waals surface area contributed by atoms with Crippen molar-refractivity contribution in [2.45, 2.75) is 0 Å². The Morgan fingerprint density at radius 1 is 1.12 bits per heavy atom. The smallest absolute Gasteiger partial charge is 0.477 e. The third kappa shape index (κ3) is 2.43. The second-order valence-corrected chi connectivity index (χ2v) is 5.01. The molecule has 1 aromatic heterocycles. The van der Waals surface area contributed by atoms with Crippen LogP contribution < -0.4 is 40.4 Å². The number of carboxylic acid groups (broad SMARTS) is 1. The minimum absolute atomic E-state index is 0. The molecule has 0 atom stereocenters. The van der Waals surface area contributed by atoms with Crippen molar-refractivity contribution in [3.63, 3.8) is 0 Å². The Morgan fingerprint density at radius 2 is 1.88 bits per heavy atom. The summed E-state index contributed by atoms with van der Waals surface area (Å²) in [5.41, 5.74) is -0.349. The van der Waals surface area contributed by atoms with Crippen LogP contribution in [0, 0.1) is 0 Å². The van der Waals surface area contributed by atoms with E-state index < -0.39 is 16.8 Å². The molecular formula is C16H8N2NaO5+.